The summed E-state index contributed by atoms with van der Waals surface area (Å²) in [5.41, 5.74) is 3.78. The number of aryl methyl sites for hydroxylation is 1. The Hall–Kier alpha value is -1.93. The molecule has 0 bridgehead atoms. The molecule has 0 saturated heterocycles. The monoisotopic (exact) mass is 445 g/mol. The van der Waals surface area contributed by atoms with Crippen LogP contribution in [0.1, 0.15) is 16.3 Å². The van der Waals surface area contributed by atoms with Crippen LogP contribution in [0.5, 0.6) is 0 Å². The van der Waals surface area contributed by atoms with E-state index in [0.29, 0.717) is 5.02 Å². The maximum absolute atomic E-state index is 12.3. The molecular formula is C20H16ClN3OS3. The number of fused-ring (bicyclic) bond motifs is 1. The fourth-order valence-electron chi connectivity index (χ4n) is 2.62. The third-order valence-electron chi connectivity index (χ3n) is 4.00. The van der Waals surface area contributed by atoms with Gasteiger partial charge in [-0.3, -0.25) is 4.79 Å². The molecule has 0 spiro atoms. The summed E-state index contributed by atoms with van der Waals surface area (Å²) in [6.45, 7) is 1.98. The van der Waals surface area contributed by atoms with E-state index in [1.54, 1.807) is 23.1 Å². The van der Waals surface area contributed by atoms with Crippen LogP contribution in [0, 0.1) is 6.92 Å². The Bertz CT molecular complexity index is 1140. The lowest BCUT2D eigenvalue weighted by Gasteiger charge is -2.06. The van der Waals surface area contributed by atoms with Crippen molar-refractivity contribution in [3.8, 4) is 0 Å². The lowest BCUT2D eigenvalue weighted by Crippen LogP contribution is -2.15. The molecule has 4 nitrogen and oxygen atoms in total. The second kappa shape index (κ2) is 8.61. The molecule has 0 atom stereocenters. The van der Waals surface area contributed by atoms with E-state index in [2.05, 4.69) is 15.3 Å². The largest absolute Gasteiger partial charge is 0.325 e. The Morgan fingerprint density at radius 2 is 2.07 bits per heavy atom. The fraction of sp³-hybridized carbons (Fsp3) is 0.150. The van der Waals surface area contributed by atoms with E-state index in [-0.39, 0.29) is 12.3 Å². The number of thiazole rings is 2. The summed E-state index contributed by atoms with van der Waals surface area (Å²) in [6, 6.07) is 13.5. The second-order valence-corrected chi connectivity index (χ2v) is 9.79. The minimum absolute atomic E-state index is 0.0501. The highest BCUT2D eigenvalue weighted by molar-refractivity contribution is 8.00. The Balaban J connectivity index is 1.34. The zero-order valence-corrected chi connectivity index (χ0v) is 18.1. The van der Waals surface area contributed by atoms with Crippen LogP contribution in [-0.4, -0.2) is 15.9 Å². The van der Waals surface area contributed by atoms with E-state index < -0.39 is 0 Å². The van der Waals surface area contributed by atoms with Gasteiger partial charge >= 0.3 is 0 Å². The van der Waals surface area contributed by atoms with E-state index in [9.17, 15) is 4.79 Å². The van der Waals surface area contributed by atoms with Gasteiger partial charge in [0.1, 0.15) is 5.01 Å². The van der Waals surface area contributed by atoms with E-state index >= 15 is 0 Å². The molecule has 142 valence electrons. The number of aromatic nitrogens is 2. The van der Waals surface area contributed by atoms with Gasteiger partial charge < -0.3 is 5.32 Å². The number of amides is 1. The van der Waals surface area contributed by atoms with Gasteiger partial charge in [-0.05, 0) is 36.8 Å². The molecule has 0 aliphatic carbocycles. The highest BCUT2D eigenvalue weighted by Gasteiger charge is 2.11. The van der Waals surface area contributed by atoms with Gasteiger partial charge in [0.05, 0.1) is 22.3 Å². The van der Waals surface area contributed by atoms with Crippen molar-refractivity contribution in [2.45, 2.75) is 23.4 Å². The standard InChI is InChI=1S/C20H16ClN3OS3/c1-12-4-2-3-5-15(12)23-18(25)9-19-22-14(10-26-19)11-27-20-24-16-8-13(21)6-7-17(16)28-20/h2-8,10H,9,11H2,1H3,(H,23,25). The number of para-hydroxylation sites is 1. The van der Waals surface area contributed by atoms with Gasteiger partial charge in [0.2, 0.25) is 5.91 Å². The Morgan fingerprint density at radius 1 is 1.21 bits per heavy atom. The first-order valence-corrected chi connectivity index (χ1v) is 11.6. The summed E-state index contributed by atoms with van der Waals surface area (Å²) in [5, 5.41) is 6.47. The molecule has 1 N–H and O–H groups in total. The average molecular weight is 446 g/mol. The number of thioether (sulfide) groups is 1. The highest BCUT2D eigenvalue weighted by Crippen LogP contribution is 2.32. The molecule has 0 aliphatic heterocycles. The summed E-state index contributed by atoms with van der Waals surface area (Å²) in [5.74, 6) is 0.676. The molecule has 0 unspecified atom stereocenters. The molecule has 2 aromatic heterocycles. The lowest BCUT2D eigenvalue weighted by atomic mass is 10.2. The Kier molecular flexibility index (Phi) is 5.96. The molecule has 0 aliphatic rings. The molecule has 0 radical (unpaired) electrons. The molecule has 4 rings (SSSR count). The van der Waals surface area contributed by atoms with Crippen molar-refractivity contribution in [1.29, 1.82) is 0 Å². The van der Waals surface area contributed by atoms with Crippen LogP contribution < -0.4 is 5.32 Å². The summed E-state index contributed by atoms with van der Waals surface area (Å²) >= 11 is 10.8. The van der Waals surface area contributed by atoms with Crippen LogP contribution in [-0.2, 0) is 17.0 Å². The predicted octanol–water partition coefficient (Wildman–Crippen LogP) is 6.19. The third kappa shape index (κ3) is 4.72. The van der Waals surface area contributed by atoms with Crippen molar-refractivity contribution in [3.05, 3.63) is 69.1 Å². The van der Waals surface area contributed by atoms with Crippen molar-refractivity contribution in [3.63, 3.8) is 0 Å². The van der Waals surface area contributed by atoms with Crippen LogP contribution in [0.4, 0.5) is 5.69 Å². The number of nitrogens with one attached hydrogen (secondary N) is 1. The molecule has 2 aromatic carbocycles. The number of rotatable bonds is 6. The third-order valence-corrected chi connectivity index (χ3v) is 7.35. The van der Waals surface area contributed by atoms with E-state index in [1.165, 1.54) is 11.3 Å². The normalized spacial score (nSPS) is 11.1. The summed E-state index contributed by atoms with van der Waals surface area (Å²) < 4.78 is 2.11. The van der Waals surface area contributed by atoms with E-state index in [0.717, 1.165) is 42.3 Å². The minimum Gasteiger partial charge on any atom is -0.325 e. The summed E-state index contributed by atoms with van der Waals surface area (Å²) in [4.78, 5) is 21.5. The molecule has 2 heterocycles. The number of carbonyl (C=O) groups is 1. The van der Waals surface area contributed by atoms with Crippen molar-refractivity contribution in [2.24, 2.45) is 0 Å². The quantitative estimate of drug-likeness (QED) is 0.359. The molecule has 1 amide bonds. The lowest BCUT2D eigenvalue weighted by molar-refractivity contribution is -0.115. The first-order chi connectivity index (χ1) is 13.6. The van der Waals surface area contributed by atoms with Crippen molar-refractivity contribution in [1.82, 2.24) is 9.97 Å². The van der Waals surface area contributed by atoms with Crippen molar-refractivity contribution >= 4 is 67.8 Å². The van der Waals surface area contributed by atoms with E-state index in [4.69, 9.17) is 11.6 Å². The molecule has 28 heavy (non-hydrogen) atoms. The predicted molar refractivity (Wildman–Crippen MR) is 120 cm³/mol. The number of nitrogens with zero attached hydrogens (tertiary/aromatic N) is 2. The summed E-state index contributed by atoms with van der Waals surface area (Å²) in [6.07, 6.45) is 0.281. The number of benzene rings is 2. The van der Waals surface area contributed by atoms with Gasteiger partial charge in [-0.2, -0.15) is 0 Å². The van der Waals surface area contributed by atoms with Gasteiger partial charge in [-0.15, -0.1) is 22.7 Å². The minimum atomic E-state index is -0.0501. The van der Waals surface area contributed by atoms with Crippen LogP contribution in [0.2, 0.25) is 5.02 Å². The van der Waals surface area contributed by atoms with Crippen molar-refractivity contribution in [2.75, 3.05) is 5.32 Å². The Morgan fingerprint density at radius 3 is 2.93 bits per heavy atom. The first kappa shape index (κ1) is 19.4. The van der Waals surface area contributed by atoms with Gasteiger partial charge in [0.15, 0.2) is 4.34 Å². The number of carbonyl (C=O) groups excluding carboxylic acids is 1. The smallest absolute Gasteiger partial charge is 0.231 e. The molecular weight excluding hydrogens is 430 g/mol. The maximum atomic E-state index is 12.3. The molecule has 4 aromatic rings. The zero-order chi connectivity index (χ0) is 19.5. The van der Waals surface area contributed by atoms with Gasteiger partial charge in [-0.1, -0.05) is 41.6 Å². The first-order valence-electron chi connectivity index (χ1n) is 8.54. The molecule has 8 heteroatoms. The van der Waals surface area contributed by atoms with Gasteiger partial charge in [0, 0.05) is 21.8 Å². The average Bonchev–Trinajstić information content (AvgIpc) is 3.27. The Labute approximate surface area is 180 Å². The van der Waals surface area contributed by atoms with Gasteiger partial charge in [0.25, 0.3) is 0 Å². The topological polar surface area (TPSA) is 54.9 Å². The molecule has 0 saturated carbocycles. The maximum Gasteiger partial charge on any atom is 0.231 e. The molecule has 0 fully saturated rings. The SMILES string of the molecule is Cc1ccccc1NC(=O)Cc1nc(CSc2nc3cc(Cl)ccc3s2)cs1. The number of halogens is 1. The second-order valence-electron chi connectivity index (χ2n) is 6.15. The highest BCUT2D eigenvalue weighted by atomic mass is 35.5. The van der Waals surface area contributed by atoms with Crippen LogP contribution >= 0.6 is 46.0 Å². The zero-order valence-electron chi connectivity index (χ0n) is 14.9. The van der Waals surface area contributed by atoms with Crippen LogP contribution in [0.3, 0.4) is 0 Å². The number of hydrogen-bond donors (Lipinski definition) is 1. The van der Waals surface area contributed by atoms with Crippen molar-refractivity contribution < 1.29 is 4.79 Å². The number of hydrogen-bond acceptors (Lipinski definition) is 6. The summed E-state index contributed by atoms with van der Waals surface area (Å²) in [7, 11) is 0. The van der Waals surface area contributed by atoms with Gasteiger partial charge in [-0.25, -0.2) is 9.97 Å². The van der Waals surface area contributed by atoms with Crippen LogP contribution in [0.15, 0.2) is 52.2 Å². The van der Waals surface area contributed by atoms with E-state index in [1.807, 2.05) is 54.8 Å². The number of anilines is 1. The van der Waals surface area contributed by atoms with Crippen LogP contribution in [0.25, 0.3) is 10.2 Å². The fourth-order valence-corrected chi connectivity index (χ4v) is 5.62.